The summed E-state index contributed by atoms with van der Waals surface area (Å²) < 4.78 is 0. The average molecular weight is 471 g/mol. The van der Waals surface area contributed by atoms with Gasteiger partial charge in [0.15, 0.2) is 0 Å². The zero-order valence-electron chi connectivity index (χ0n) is 20.7. The van der Waals surface area contributed by atoms with Crippen molar-refractivity contribution in [2.75, 3.05) is 25.0 Å². The van der Waals surface area contributed by atoms with Crippen LogP contribution in [0.2, 0.25) is 0 Å². The summed E-state index contributed by atoms with van der Waals surface area (Å²) in [5.41, 5.74) is 4.29. The van der Waals surface area contributed by atoms with Crippen molar-refractivity contribution in [2.45, 2.75) is 57.5 Å². The second-order valence-corrected chi connectivity index (χ2v) is 9.86. The van der Waals surface area contributed by atoms with Gasteiger partial charge in [0.05, 0.1) is 6.04 Å². The minimum absolute atomic E-state index is 0.0167. The summed E-state index contributed by atoms with van der Waals surface area (Å²) >= 11 is 0. The molecule has 1 aliphatic carbocycles. The number of hydrogen-bond donors (Lipinski definition) is 1. The van der Waals surface area contributed by atoms with Crippen molar-refractivity contribution >= 4 is 28.3 Å². The van der Waals surface area contributed by atoms with Crippen LogP contribution in [0.3, 0.4) is 0 Å². The Morgan fingerprint density at radius 1 is 1.06 bits per heavy atom. The first-order valence-electron chi connectivity index (χ1n) is 12.8. The van der Waals surface area contributed by atoms with Crippen LogP contribution in [0.25, 0.3) is 10.8 Å². The van der Waals surface area contributed by atoms with E-state index in [-0.39, 0.29) is 23.9 Å². The number of nitrogens with one attached hydrogen (secondary N) is 1. The van der Waals surface area contributed by atoms with E-state index in [0.717, 1.165) is 56.1 Å². The normalized spacial score (nSPS) is 17.9. The second kappa shape index (κ2) is 10.1. The summed E-state index contributed by atoms with van der Waals surface area (Å²) in [6, 6.07) is 14.8. The Kier molecular flexibility index (Phi) is 6.71. The SMILES string of the molecule is CCCC(=O)NC1CCc2ccc(C(=O)N(C)C3CCN(c4ccc5cnccc5c4)CC3)cc21. The van der Waals surface area contributed by atoms with Crippen LogP contribution in [0.5, 0.6) is 0 Å². The zero-order chi connectivity index (χ0) is 24.4. The highest BCUT2D eigenvalue weighted by Crippen LogP contribution is 2.33. The van der Waals surface area contributed by atoms with E-state index in [1.165, 1.54) is 16.6 Å². The van der Waals surface area contributed by atoms with Crippen molar-refractivity contribution in [2.24, 2.45) is 0 Å². The molecule has 1 aromatic heterocycles. The standard InChI is InChI=1S/C29H34N4O2/c1-3-4-28(34)31-27-10-8-20-5-6-22(18-26(20)27)29(35)32(2)24-12-15-33(16-13-24)25-9-7-23-19-30-14-11-21(23)17-25/h5-7,9,11,14,17-19,24,27H,3-4,8,10,12-13,15-16H2,1-2H3,(H,31,34). The van der Waals surface area contributed by atoms with Crippen LogP contribution in [0.1, 0.15) is 66.6 Å². The predicted octanol–water partition coefficient (Wildman–Crippen LogP) is 4.88. The molecule has 0 saturated carbocycles. The van der Waals surface area contributed by atoms with Crippen LogP contribution < -0.4 is 10.2 Å². The molecule has 1 N–H and O–H groups in total. The van der Waals surface area contributed by atoms with E-state index in [9.17, 15) is 9.59 Å². The summed E-state index contributed by atoms with van der Waals surface area (Å²) in [7, 11) is 1.93. The molecule has 1 aliphatic heterocycles. The Labute approximate surface area is 207 Å². The third-order valence-electron chi connectivity index (χ3n) is 7.60. The molecular formula is C29H34N4O2. The molecule has 6 heteroatoms. The molecule has 1 saturated heterocycles. The minimum atomic E-state index is 0.0167. The summed E-state index contributed by atoms with van der Waals surface area (Å²) in [6.07, 6.45) is 8.84. The first kappa shape index (κ1) is 23.3. The maximum absolute atomic E-state index is 13.4. The molecule has 0 spiro atoms. The molecule has 1 unspecified atom stereocenters. The van der Waals surface area contributed by atoms with Crippen LogP contribution >= 0.6 is 0 Å². The maximum atomic E-state index is 13.4. The molecule has 2 heterocycles. The van der Waals surface area contributed by atoms with Crippen molar-refractivity contribution in [3.8, 4) is 0 Å². The lowest BCUT2D eigenvalue weighted by Crippen LogP contribution is -2.45. The van der Waals surface area contributed by atoms with E-state index in [2.05, 4.69) is 45.5 Å². The Morgan fingerprint density at radius 2 is 1.89 bits per heavy atom. The molecule has 3 aromatic rings. The van der Waals surface area contributed by atoms with Gasteiger partial charge in [-0.05, 0) is 78.9 Å². The lowest BCUT2D eigenvalue weighted by Gasteiger charge is -2.38. The highest BCUT2D eigenvalue weighted by atomic mass is 16.2. The molecule has 35 heavy (non-hydrogen) atoms. The molecule has 0 radical (unpaired) electrons. The number of nitrogens with zero attached hydrogens (tertiary/aromatic N) is 3. The average Bonchev–Trinajstić information content (AvgIpc) is 3.29. The number of benzene rings is 2. The number of anilines is 1. The van der Waals surface area contributed by atoms with Gasteiger partial charge in [0.2, 0.25) is 5.91 Å². The lowest BCUT2D eigenvalue weighted by molar-refractivity contribution is -0.121. The van der Waals surface area contributed by atoms with E-state index in [4.69, 9.17) is 0 Å². The lowest BCUT2D eigenvalue weighted by atomic mass is 9.99. The molecule has 6 nitrogen and oxygen atoms in total. The zero-order valence-corrected chi connectivity index (χ0v) is 20.7. The molecular weight excluding hydrogens is 436 g/mol. The number of piperidine rings is 1. The number of carbonyl (C=O) groups is 2. The van der Waals surface area contributed by atoms with E-state index in [0.29, 0.717) is 12.0 Å². The molecule has 182 valence electrons. The molecule has 5 rings (SSSR count). The first-order chi connectivity index (χ1) is 17.0. The van der Waals surface area contributed by atoms with Gasteiger partial charge in [0.25, 0.3) is 5.91 Å². The Bertz CT molecular complexity index is 1230. The van der Waals surface area contributed by atoms with Crippen LogP contribution in [-0.2, 0) is 11.2 Å². The molecule has 1 atom stereocenters. The van der Waals surface area contributed by atoms with Crippen LogP contribution in [0.4, 0.5) is 5.69 Å². The number of pyridine rings is 1. The Hall–Kier alpha value is -3.41. The van der Waals surface area contributed by atoms with Crippen molar-refractivity contribution < 1.29 is 9.59 Å². The number of rotatable bonds is 6. The minimum Gasteiger partial charge on any atom is -0.371 e. The summed E-state index contributed by atoms with van der Waals surface area (Å²) in [6.45, 7) is 3.86. The smallest absolute Gasteiger partial charge is 0.253 e. The summed E-state index contributed by atoms with van der Waals surface area (Å²) in [5, 5.41) is 5.51. The van der Waals surface area contributed by atoms with Crippen molar-refractivity contribution in [1.29, 1.82) is 0 Å². The number of aryl methyl sites for hydroxylation is 1. The van der Waals surface area contributed by atoms with Gasteiger partial charge in [-0.15, -0.1) is 0 Å². The number of carbonyl (C=O) groups excluding carboxylic acids is 2. The molecule has 2 aromatic carbocycles. The maximum Gasteiger partial charge on any atom is 0.253 e. The van der Waals surface area contributed by atoms with Crippen LogP contribution in [0.15, 0.2) is 54.9 Å². The van der Waals surface area contributed by atoms with Gasteiger partial charge in [-0.3, -0.25) is 14.6 Å². The Balaban J connectivity index is 1.23. The van der Waals surface area contributed by atoms with Gasteiger partial charge in [-0.2, -0.15) is 0 Å². The van der Waals surface area contributed by atoms with Gasteiger partial charge in [0.1, 0.15) is 0 Å². The van der Waals surface area contributed by atoms with E-state index >= 15 is 0 Å². The number of fused-ring (bicyclic) bond motifs is 2. The molecule has 2 aliphatic rings. The number of hydrogen-bond acceptors (Lipinski definition) is 4. The van der Waals surface area contributed by atoms with Crippen molar-refractivity contribution in [3.05, 3.63) is 71.5 Å². The van der Waals surface area contributed by atoms with E-state index < -0.39 is 0 Å². The molecule has 2 amide bonds. The number of aromatic nitrogens is 1. The highest BCUT2D eigenvalue weighted by molar-refractivity contribution is 5.94. The Morgan fingerprint density at radius 3 is 2.69 bits per heavy atom. The topological polar surface area (TPSA) is 65.5 Å². The monoisotopic (exact) mass is 470 g/mol. The van der Waals surface area contributed by atoms with Gasteiger partial charge in [-0.1, -0.05) is 19.1 Å². The number of amides is 2. The van der Waals surface area contributed by atoms with Crippen LogP contribution in [-0.4, -0.2) is 47.9 Å². The van der Waals surface area contributed by atoms with Crippen molar-refractivity contribution in [3.63, 3.8) is 0 Å². The van der Waals surface area contributed by atoms with Crippen molar-refractivity contribution in [1.82, 2.24) is 15.2 Å². The van der Waals surface area contributed by atoms with E-state index in [1.807, 2.05) is 43.4 Å². The highest BCUT2D eigenvalue weighted by Gasteiger charge is 2.29. The first-order valence-corrected chi connectivity index (χ1v) is 12.8. The summed E-state index contributed by atoms with van der Waals surface area (Å²) in [5.74, 6) is 0.157. The van der Waals surface area contributed by atoms with Crippen LogP contribution in [0, 0.1) is 0 Å². The van der Waals surface area contributed by atoms with Gasteiger partial charge in [-0.25, -0.2) is 0 Å². The van der Waals surface area contributed by atoms with E-state index in [1.54, 1.807) is 0 Å². The quantitative estimate of drug-likeness (QED) is 0.558. The molecule has 0 bridgehead atoms. The molecule has 1 fully saturated rings. The largest absolute Gasteiger partial charge is 0.371 e. The van der Waals surface area contributed by atoms with Gasteiger partial charge in [0, 0.05) is 61.6 Å². The van der Waals surface area contributed by atoms with Gasteiger partial charge < -0.3 is 15.1 Å². The predicted molar refractivity (Wildman–Crippen MR) is 140 cm³/mol. The summed E-state index contributed by atoms with van der Waals surface area (Å²) in [4.78, 5) is 34.1. The fourth-order valence-corrected chi connectivity index (χ4v) is 5.53. The third kappa shape index (κ3) is 4.88. The van der Waals surface area contributed by atoms with Gasteiger partial charge >= 0.3 is 0 Å². The third-order valence-corrected chi connectivity index (χ3v) is 7.60. The fourth-order valence-electron chi connectivity index (χ4n) is 5.53. The fraction of sp³-hybridized carbons (Fsp3) is 0.414. The second-order valence-electron chi connectivity index (χ2n) is 9.86.